The third-order valence-electron chi connectivity index (χ3n) is 1.88. The molecule has 11 heavy (non-hydrogen) atoms. The molecule has 0 aliphatic rings. The standard InChI is InChI=1S/C9H18O2/c1-5-8(2)9(6-10-3)7-11-4/h5,8-9H,1,6-7H2,2-4H3. The molecule has 0 saturated heterocycles. The van der Waals surface area contributed by atoms with E-state index in [4.69, 9.17) is 9.47 Å². The molecule has 0 fully saturated rings. The maximum absolute atomic E-state index is 5.05. The highest BCUT2D eigenvalue weighted by Gasteiger charge is 2.13. The summed E-state index contributed by atoms with van der Waals surface area (Å²) in [5.41, 5.74) is 0. The number of hydrogen-bond acceptors (Lipinski definition) is 2. The number of rotatable bonds is 6. The zero-order valence-electron chi connectivity index (χ0n) is 7.67. The molecular weight excluding hydrogens is 140 g/mol. The highest BCUT2D eigenvalue weighted by molar-refractivity contribution is 4.81. The van der Waals surface area contributed by atoms with Crippen LogP contribution in [-0.4, -0.2) is 27.4 Å². The molecule has 0 aromatic rings. The van der Waals surface area contributed by atoms with E-state index in [-0.39, 0.29) is 0 Å². The first kappa shape index (κ1) is 10.7. The molecule has 0 N–H and O–H groups in total. The molecule has 0 aromatic carbocycles. The lowest BCUT2D eigenvalue weighted by atomic mass is 9.96. The van der Waals surface area contributed by atoms with Gasteiger partial charge < -0.3 is 9.47 Å². The lowest BCUT2D eigenvalue weighted by Crippen LogP contribution is -2.20. The Balaban J connectivity index is 3.75. The smallest absolute Gasteiger partial charge is 0.0518 e. The van der Waals surface area contributed by atoms with Crippen molar-refractivity contribution in [2.24, 2.45) is 11.8 Å². The Bertz CT molecular complexity index is 95.7. The van der Waals surface area contributed by atoms with Gasteiger partial charge in [-0.2, -0.15) is 0 Å². The third kappa shape index (κ3) is 4.17. The van der Waals surface area contributed by atoms with E-state index >= 15 is 0 Å². The van der Waals surface area contributed by atoms with Crippen LogP contribution in [0.4, 0.5) is 0 Å². The van der Waals surface area contributed by atoms with Crippen molar-refractivity contribution >= 4 is 0 Å². The molecule has 0 aliphatic heterocycles. The minimum absolute atomic E-state index is 0.433. The van der Waals surface area contributed by atoms with Crippen molar-refractivity contribution < 1.29 is 9.47 Å². The summed E-state index contributed by atoms with van der Waals surface area (Å²) in [4.78, 5) is 0. The van der Waals surface area contributed by atoms with Crippen molar-refractivity contribution in [3.05, 3.63) is 12.7 Å². The first-order valence-electron chi connectivity index (χ1n) is 3.86. The van der Waals surface area contributed by atoms with Gasteiger partial charge in [0, 0.05) is 20.1 Å². The summed E-state index contributed by atoms with van der Waals surface area (Å²) in [5, 5.41) is 0. The first-order valence-corrected chi connectivity index (χ1v) is 3.86. The van der Waals surface area contributed by atoms with E-state index in [9.17, 15) is 0 Å². The SMILES string of the molecule is C=CC(C)C(COC)COC. The second-order valence-electron chi connectivity index (χ2n) is 2.77. The van der Waals surface area contributed by atoms with Crippen molar-refractivity contribution in [1.29, 1.82) is 0 Å². The summed E-state index contributed by atoms with van der Waals surface area (Å²) in [7, 11) is 3.41. The maximum Gasteiger partial charge on any atom is 0.0518 e. The lowest BCUT2D eigenvalue weighted by molar-refractivity contribution is 0.0682. The van der Waals surface area contributed by atoms with Crippen LogP contribution in [0.1, 0.15) is 6.92 Å². The van der Waals surface area contributed by atoms with Gasteiger partial charge >= 0.3 is 0 Å². The van der Waals surface area contributed by atoms with E-state index in [0.717, 1.165) is 13.2 Å². The zero-order chi connectivity index (χ0) is 8.69. The molecule has 0 aliphatic carbocycles. The fourth-order valence-electron chi connectivity index (χ4n) is 0.972. The van der Waals surface area contributed by atoms with Gasteiger partial charge in [0.1, 0.15) is 0 Å². The van der Waals surface area contributed by atoms with Gasteiger partial charge in [-0.25, -0.2) is 0 Å². The Kier molecular flexibility index (Phi) is 6.18. The Morgan fingerprint density at radius 2 is 1.73 bits per heavy atom. The van der Waals surface area contributed by atoms with E-state index < -0.39 is 0 Å². The quantitative estimate of drug-likeness (QED) is 0.548. The van der Waals surface area contributed by atoms with Crippen LogP contribution in [0.15, 0.2) is 12.7 Å². The van der Waals surface area contributed by atoms with Crippen LogP contribution in [0.5, 0.6) is 0 Å². The molecule has 2 heteroatoms. The molecule has 0 bridgehead atoms. The van der Waals surface area contributed by atoms with E-state index in [2.05, 4.69) is 13.5 Å². The van der Waals surface area contributed by atoms with Crippen LogP contribution in [-0.2, 0) is 9.47 Å². The molecule has 0 heterocycles. The van der Waals surface area contributed by atoms with Gasteiger partial charge in [0.25, 0.3) is 0 Å². The van der Waals surface area contributed by atoms with Gasteiger partial charge in [-0.15, -0.1) is 6.58 Å². The first-order chi connectivity index (χ1) is 5.26. The molecule has 1 unspecified atom stereocenters. The third-order valence-corrected chi connectivity index (χ3v) is 1.88. The van der Waals surface area contributed by atoms with Crippen molar-refractivity contribution in [3.8, 4) is 0 Å². The summed E-state index contributed by atoms with van der Waals surface area (Å²) in [6.45, 7) is 7.33. The predicted molar refractivity (Wildman–Crippen MR) is 46.6 cm³/mol. The van der Waals surface area contributed by atoms with Crippen LogP contribution in [0.25, 0.3) is 0 Å². The molecule has 66 valence electrons. The molecule has 1 atom stereocenters. The largest absolute Gasteiger partial charge is 0.384 e. The molecule has 0 saturated carbocycles. The van der Waals surface area contributed by atoms with Crippen LogP contribution in [0.2, 0.25) is 0 Å². The highest BCUT2D eigenvalue weighted by atomic mass is 16.5. The van der Waals surface area contributed by atoms with Gasteiger partial charge in [-0.3, -0.25) is 0 Å². The van der Waals surface area contributed by atoms with Crippen LogP contribution < -0.4 is 0 Å². The van der Waals surface area contributed by atoms with Crippen molar-refractivity contribution in [2.45, 2.75) is 6.92 Å². The number of ether oxygens (including phenoxy) is 2. The summed E-state index contributed by atoms with van der Waals surface area (Å²) in [6.07, 6.45) is 1.93. The van der Waals surface area contributed by atoms with Gasteiger partial charge in [-0.1, -0.05) is 13.0 Å². The van der Waals surface area contributed by atoms with Crippen molar-refractivity contribution in [1.82, 2.24) is 0 Å². The fourth-order valence-corrected chi connectivity index (χ4v) is 0.972. The summed E-state index contributed by atoms with van der Waals surface area (Å²) >= 11 is 0. The van der Waals surface area contributed by atoms with Gasteiger partial charge in [0.05, 0.1) is 13.2 Å². The number of hydrogen-bond donors (Lipinski definition) is 0. The van der Waals surface area contributed by atoms with E-state index in [0.29, 0.717) is 11.8 Å². The average molecular weight is 158 g/mol. The molecular formula is C9H18O2. The topological polar surface area (TPSA) is 18.5 Å². The van der Waals surface area contributed by atoms with Crippen molar-refractivity contribution in [3.63, 3.8) is 0 Å². The van der Waals surface area contributed by atoms with E-state index in [1.54, 1.807) is 14.2 Å². The predicted octanol–water partition coefficient (Wildman–Crippen LogP) is 1.72. The second-order valence-corrected chi connectivity index (χ2v) is 2.77. The summed E-state index contributed by atoms with van der Waals surface area (Å²) < 4.78 is 10.1. The Labute approximate surface area is 69.2 Å². The molecule has 0 amide bonds. The molecule has 0 spiro atoms. The van der Waals surface area contributed by atoms with Gasteiger partial charge in [0.2, 0.25) is 0 Å². The monoisotopic (exact) mass is 158 g/mol. The van der Waals surface area contributed by atoms with Crippen LogP contribution in [0, 0.1) is 11.8 Å². The van der Waals surface area contributed by atoms with E-state index in [1.807, 2.05) is 6.08 Å². The average Bonchev–Trinajstić information content (AvgIpc) is 2.03. The zero-order valence-corrected chi connectivity index (χ0v) is 7.67. The van der Waals surface area contributed by atoms with Crippen molar-refractivity contribution in [2.75, 3.05) is 27.4 Å². The van der Waals surface area contributed by atoms with Crippen LogP contribution in [0.3, 0.4) is 0 Å². The molecule has 0 rings (SSSR count). The lowest BCUT2D eigenvalue weighted by Gasteiger charge is -2.19. The second kappa shape index (κ2) is 6.38. The molecule has 2 nitrogen and oxygen atoms in total. The normalized spacial score (nSPS) is 13.5. The number of allylic oxidation sites excluding steroid dienone is 1. The van der Waals surface area contributed by atoms with E-state index in [1.165, 1.54) is 0 Å². The molecule has 0 radical (unpaired) electrons. The summed E-state index contributed by atoms with van der Waals surface area (Å²) in [6, 6.07) is 0. The summed E-state index contributed by atoms with van der Waals surface area (Å²) in [5.74, 6) is 0.886. The Morgan fingerprint density at radius 1 is 1.27 bits per heavy atom. The Hall–Kier alpha value is -0.340. The fraction of sp³-hybridized carbons (Fsp3) is 0.778. The van der Waals surface area contributed by atoms with Crippen LogP contribution >= 0.6 is 0 Å². The van der Waals surface area contributed by atoms with Gasteiger partial charge in [-0.05, 0) is 5.92 Å². The number of methoxy groups -OCH3 is 2. The minimum atomic E-state index is 0.433. The van der Waals surface area contributed by atoms with Gasteiger partial charge in [0.15, 0.2) is 0 Å². The highest BCUT2D eigenvalue weighted by Crippen LogP contribution is 2.12. The maximum atomic E-state index is 5.05. The Morgan fingerprint density at radius 3 is 2.00 bits per heavy atom. The minimum Gasteiger partial charge on any atom is -0.384 e. The molecule has 0 aromatic heterocycles.